The second-order valence-electron chi connectivity index (χ2n) is 10.2. The predicted octanol–water partition coefficient (Wildman–Crippen LogP) is -12.2. The summed E-state index contributed by atoms with van der Waals surface area (Å²) in [6.45, 7) is -2.87. The highest BCUT2D eigenvalue weighted by molar-refractivity contribution is 5.57. The molecule has 0 aliphatic carbocycles. The highest BCUT2D eigenvalue weighted by Crippen LogP contribution is 2.28. The number of aliphatic hydroxyl groups excluding tert-OH is 18. The van der Waals surface area contributed by atoms with Gasteiger partial charge in [-0.2, -0.15) is 0 Å². The van der Waals surface area contributed by atoms with Gasteiger partial charge in [0.05, 0.1) is 26.4 Å². The fraction of sp³-hybridized carbons (Fsp3) is 0.917. The molecule has 0 bridgehead atoms. The normalized spacial score (nSPS) is 36.0. The Morgan fingerprint density at radius 3 is 1.32 bits per heavy atom. The van der Waals surface area contributed by atoms with Gasteiger partial charge in [-0.15, -0.1) is 0 Å². The molecule has 2 aliphatic heterocycles. The lowest BCUT2D eigenvalue weighted by Crippen LogP contribution is -2.64. The van der Waals surface area contributed by atoms with Crippen LogP contribution in [0.25, 0.3) is 0 Å². The van der Waals surface area contributed by atoms with E-state index in [4.69, 9.17) is 70.4 Å². The molecule has 47 heavy (non-hydrogen) atoms. The Balaban J connectivity index is 0.000000749. The molecular weight excluding hydrogens is 656 g/mol. The summed E-state index contributed by atoms with van der Waals surface area (Å²) in [6.07, 6.45) is -29.2. The van der Waals surface area contributed by atoms with E-state index in [0.29, 0.717) is 0 Å². The first-order valence-electron chi connectivity index (χ1n) is 13.7. The second kappa shape index (κ2) is 22.3. The lowest BCUT2D eigenvalue weighted by molar-refractivity contribution is -0.355. The number of carbonyl (C=O) groups excluding carboxylic acids is 2. The van der Waals surface area contributed by atoms with Crippen LogP contribution in [0.5, 0.6) is 0 Å². The van der Waals surface area contributed by atoms with Gasteiger partial charge in [-0.05, 0) is 0 Å². The SMILES string of the molecule is O=C[C@@H](O)[C@@H](O)[C@H](O)[C@H](O)CO.O=C[C@H](O)[C@@H](O)[C@H](O)[C@H](O)CO.OC[C@H]1O[C@H](O[C@H]2[C@H](O)[C@@H](O)[C@H](O)O[C@@H]2CO)[C@H](O)[C@@H](O)[C@@H]1O. The van der Waals surface area contributed by atoms with E-state index in [1.165, 1.54) is 0 Å². The molecule has 2 saturated heterocycles. The van der Waals surface area contributed by atoms with Crippen molar-refractivity contribution in [3.8, 4) is 0 Å². The van der Waals surface area contributed by atoms with Gasteiger partial charge in [0.1, 0.15) is 97.7 Å². The summed E-state index contributed by atoms with van der Waals surface area (Å²) >= 11 is 0. The lowest BCUT2D eigenvalue weighted by atomic mass is 9.97. The molecule has 0 amide bonds. The monoisotopic (exact) mass is 702 g/mol. The highest BCUT2D eigenvalue weighted by Gasteiger charge is 2.50. The van der Waals surface area contributed by atoms with Crippen LogP contribution in [-0.4, -0.2) is 241 Å². The van der Waals surface area contributed by atoms with Crippen LogP contribution in [-0.2, 0) is 23.8 Å². The maximum absolute atomic E-state index is 9.94. The molecule has 2 fully saturated rings. The zero-order valence-corrected chi connectivity index (χ0v) is 24.5. The molecule has 0 spiro atoms. The average molecular weight is 703 g/mol. The van der Waals surface area contributed by atoms with Crippen LogP contribution in [0, 0.1) is 0 Å². The Kier molecular flexibility index (Phi) is 21.6. The minimum absolute atomic E-state index is 0.0258. The molecule has 0 aromatic carbocycles. The van der Waals surface area contributed by atoms with E-state index in [9.17, 15) is 45.3 Å². The number of aliphatic hydroxyl groups is 18. The molecule has 0 unspecified atom stereocenters. The molecule has 0 radical (unpaired) electrons. The van der Waals surface area contributed by atoms with Gasteiger partial charge < -0.3 is 116 Å². The first-order valence-corrected chi connectivity index (χ1v) is 13.7. The van der Waals surface area contributed by atoms with Crippen molar-refractivity contribution in [3.63, 3.8) is 0 Å². The van der Waals surface area contributed by atoms with Crippen molar-refractivity contribution in [1.82, 2.24) is 0 Å². The predicted molar refractivity (Wildman–Crippen MR) is 143 cm³/mol. The van der Waals surface area contributed by atoms with Gasteiger partial charge in [-0.25, -0.2) is 0 Å². The summed E-state index contributed by atoms with van der Waals surface area (Å²) in [5.74, 6) is 0. The van der Waals surface area contributed by atoms with Crippen LogP contribution in [0.15, 0.2) is 0 Å². The van der Waals surface area contributed by atoms with E-state index in [2.05, 4.69) is 0 Å². The Labute approximate surface area is 265 Å². The number of ether oxygens (including phenoxy) is 3. The third-order valence-electron chi connectivity index (χ3n) is 6.82. The number of aldehydes is 2. The van der Waals surface area contributed by atoms with Gasteiger partial charge in [-0.3, -0.25) is 0 Å². The van der Waals surface area contributed by atoms with E-state index in [0.717, 1.165) is 0 Å². The minimum Gasteiger partial charge on any atom is -0.394 e. The first kappa shape index (κ1) is 45.5. The van der Waals surface area contributed by atoms with Gasteiger partial charge in [0.25, 0.3) is 0 Å². The third kappa shape index (κ3) is 13.0. The molecule has 23 nitrogen and oxygen atoms in total. The Morgan fingerprint density at radius 1 is 0.532 bits per heavy atom. The van der Waals surface area contributed by atoms with Crippen LogP contribution in [0.1, 0.15) is 0 Å². The first-order chi connectivity index (χ1) is 21.9. The quantitative estimate of drug-likeness (QED) is 0.0747. The smallest absolute Gasteiger partial charge is 0.187 e. The number of rotatable bonds is 14. The standard InChI is InChI=1S/C12H22O11.2C6H12O6/c13-1-3-5(15)6(16)9(19)12(22-3)23-10-4(2-14)21-11(20)8(18)7(10)17;2*7-1-3(9)5(11)6(12)4(10)2-8/h3-20H,1-2H2;2*1,3-6,8-12H,2H2/t3-,4-,5-,6+,7-,8-,9-,10-,11-,12-;3-,4+,5+,6+;3-,4-,5-,6-/m101/s1. The maximum atomic E-state index is 9.94. The molecule has 18 N–H and O–H groups in total. The number of hydrogen-bond acceptors (Lipinski definition) is 23. The Bertz CT molecular complexity index is 820. The van der Waals surface area contributed by atoms with Gasteiger partial charge in [0.2, 0.25) is 0 Å². The molecule has 0 saturated carbocycles. The van der Waals surface area contributed by atoms with Crippen molar-refractivity contribution in [2.75, 3.05) is 26.4 Å². The highest BCUT2D eigenvalue weighted by atomic mass is 16.7. The van der Waals surface area contributed by atoms with Crippen molar-refractivity contribution in [1.29, 1.82) is 0 Å². The topological polar surface area (TPSA) is 426 Å². The summed E-state index contributed by atoms with van der Waals surface area (Å²) in [7, 11) is 0. The average Bonchev–Trinajstić information content (AvgIpc) is 3.09. The molecule has 0 aromatic heterocycles. The molecular formula is C24H46O23. The van der Waals surface area contributed by atoms with Crippen LogP contribution in [0.3, 0.4) is 0 Å². The summed E-state index contributed by atoms with van der Waals surface area (Å²) in [5, 5.41) is 164. The maximum Gasteiger partial charge on any atom is 0.187 e. The van der Waals surface area contributed by atoms with E-state index in [1.807, 2.05) is 0 Å². The molecule has 2 aliphatic rings. The van der Waals surface area contributed by atoms with Crippen LogP contribution in [0.4, 0.5) is 0 Å². The molecule has 2 rings (SSSR count). The van der Waals surface area contributed by atoms with Crippen LogP contribution >= 0.6 is 0 Å². The number of hydrogen-bond donors (Lipinski definition) is 18. The Morgan fingerprint density at radius 2 is 0.957 bits per heavy atom. The second-order valence-corrected chi connectivity index (χ2v) is 10.2. The van der Waals surface area contributed by atoms with E-state index in [1.54, 1.807) is 0 Å². The van der Waals surface area contributed by atoms with E-state index < -0.39 is 137 Å². The Hall–Kier alpha value is -1.50. The van der Waals surface area contributed by atoms with Crippen LogP contribution in [0.2, 0.25) is 0 Å². The van der Waals surface area contributed by atoms with Crippen molar-refractivity contribution in [2.24, 2.45) is 0 Å². The van der Waals surface area contributed by atoms with Gasteiger partial charge >= 0.3 is 0 Å². The summed E-state index contributed by atoms with van der Waals surface area (Å²) in [6, 6.07) is 0. The zero-order valence-electron chi connectivity index (χ0n) is 24.5. The fourth-order valence-electron chi connectivity index (χ4n) is 3.81. The number of carbonyl (C=O) groups is 2. The minimum atomic E-state index is -1.79. The van der Waals surface area contributed by atoms with Gasteiger partial charge in [0.15, 0.2) is 25.2 Å². The third-order valence-corrected chi connectivity index (χ3v) is 6.82. The van der Waals surface area contributed by atoms with Crippen LogP contribution < -0.4 is 0 Å². The molecule has 18 atom stereocenters. The largest absolute Gasteiger partial charge is 0.394 e. The van der Waals surface area contributed by atoms with E-state index in [-0.39, 0.29) is 12.6 Å². The van der Waals surface area contributed by atoms with E-state index >= 15 is 0 Å². The fourth-order valence-corrected chi connectivity index (χ4v) is 3.81. The van der Waals surface area contributed by atoms with Crippen molar-refractivity contribution in [2.45, 2.75) is 110 Å². The molecule has 23 heteroatoms. The molecule has 2 heterocycles. The van der Waals surface area contributed by atoms with Crippen molar-refractivity contribution < 1.29 is 116 Å². The van der Waals surface area contributed by atoms with Gasteiger partial charge in [0, 0.05) is 0 Å². The molecule has 280 valence electrons. The van der Waals surface area contributed by atoms with Gasteiger partial charge in [-0.1, -0.05) is 0 Å². The lowest BCUT2D eigenvalue weighted by Gasteiger charge is -2.45. The summed E-state index contributed by atoms with van der Waals surface area (Å²) in [4.78, 5) is 19.8. The summed E-state index contributed by atoms with van der Waals surface area (Å²) < 4.78 is 15.3. The summed E-state index contributed by atoms with van der Waals surface area (Å²) in [5.41, 5.74) is 0. The molecule has 0 aromatic rings. The van der Waals surface area contributed by atoms with Crippen molar-refractivity contribution in [3.05, 3.63) is 0 Å². The zero-order chi connectivity index (χ0) is 36.8. The van der Waals surface area contributed by atoms with Crippen molar-refractivity contribution >= 4 is 12.6 Å².